The van der Waals surface area contributed by atoms with Gasteiger partial charge >= 0.3 is 6.03 Å². The molecular formula is C20H26N6O2. The fourth-order valence-corrected chi connectivity index (χ4v) is 4.07. The Bertz CT molecular complexity index is 877. The van der Waals surface area contributed by atoms with Gasteiger partial charge in [0.05, 0.1) is 5.92 Å². The summed E-state index contributed by atoms with van der Waals surface area (Å²) >= 11 is 0. The lowest BCUT2D eigenvalue weighted by Crippen LogP contribution is -2.46. The van der Waals surface area contributed by atoms with Crippen molar-refractivity contribution in [3.05, 3.63) is 30.1 Å². The second kappa shape index (κ2) is 8.00. The Morgan fingerprint density at radius 3 is 2.86 bits per heavy atom. The predicted octanol–water partition coefficient (Wildman–Crippen LogP) is 2.40. The molecule has 2 aromatic rings. The van der Waals surface area contributed by atoms with Gasteiger partial charge in [0, 0.05) is 37.3 Å². The monoisotopic (exact) mass is 382 g/mol. The molecular weight excluding hydrogens is 356 g/mol. The number of rotatable bonds is 3. The number of anilines is 1. The Labute approximate surface area is 164 Å². The third kappa shape index (κ3) is 3.85. The van der Waals surface area contributed by atoms with Crippen LogP contribution in [0.2, 0.25) is 0 Å². The van der Waals surface area contributed by atoms with E-state index in [1.54, 1.807) is 0 Å². The average Bonchev–Trinajstić information content (AvgIpc) is 2.96. The quantitative estimate of drug-likeness (QED) is 0.850. The number of fused-ring (bicyclic) bond motifs is 1. The number of urea groups is 1. The van der Waals surface area contributed by atoms with E-state index in [-0.39, 0.29) is 11.8 Å². The molecule has 1 aromatic heterocycles. The molecule has 3 N–H and O–H groups in total. The molecule has 0 aliphatic carbocycles. The zero-order valence-electron chi connectivity index (χ0n) is 15.9. The van der Waals surface area contributed by atoms with E-state index in [2.05, 4.69) is 20.1 Å². The molecule has 3 heterocycles. The van der Waals surface area contributed by atoms with Crippen LogP contribution in [0, 0.1) is 5.92 Å². The molecule has 4 rings (SSSR count). The SMILES string of the molecule is NC(=O)N1CCC[C@@H](C(=O)Nc2cccc(-c3nnc4n3CCCCC4)c2)C1. The van der Waals surface area contributed by atoms with Gasteiger partial charge in [-0.3, -0.25) is 4.79 Å². The second-order valence-electron chi connectivity index (χ2n) is 7.60. The van der Waals surface area contributed by atoms with Crippen molar-refractivity contribution in [3.8, 4) is 11.4 Å². The molecule has 0 saturated carbocycles. The van der Waals surface area contributed by atoms with E-state index in [1.807, 2.05) is 24.3 Å². The van der Waals surface area contributed by atoms with E-state index < -0.39 is 6.03 Å². The van der Waals surface area contributed by atoms with E-state index in [0.29, 0.717) is 13.1 Å². The highest BCUT2D eigenvalue weighted by Crippen LogP contribution is 2.25. The Balaban J connectivity index is 1.49. The highest BCUT2D eigenvalue weighted by atomic mass is 16.2. The van der Waals surface area contributed by atoms with Gasteiger partial charge in [-0.2, -0.15) is 0 Å². The predicted molar refractivity (Wildman–Crippen MR) is 106 cm³/mol. The number of amides is 3. The number of benzene rings is 1. The molecule has 3 amide bonds. The summed E-state index contributed by atoms with van der Waals surface area (Å²) in [5, 5.41) is 11.7. The van der Waals surface area contributed by atoms with Crippen LogP contribution in [0.5, 0.6) is 0 Å². The zero-order valence-corrected chi connectivity index (χ0v) is 15.9. The van der Waals surface area contributed by atoms with Crippen molar-refractivity contribution in [2.45, 2.75) is 45.1 Å². The summed E-state index contributed by atoms with van der Waals surface area (Å²) in [4.78, 5) is 25.6. The van der Waals surface area contributed by atoms with Crippen molar-refractivity contribution in [2.75, 3.05) is 18.4 Å². The molecule has 1 saturated heterocycles. The first-order chi connectivity index (χ1) is 13.6. The maximum absolute atomic E-state index is 12.7. The van der Waals surface area contributed by atoms with Crippen LogP contribution in [0.25, 0.3) is 11.4 Å². The van der Waals surface area contributed by atoms with Crippen molar-refractivity contribution in [1.29, 1.82) is 0 Å². The number of likely N-dealkylation sites (tertiary alicyclic amines) is 1. The maximum Gasteiger partial charge on any atom is 0.314 e. The molecule has 0 spiro atoms. The number of hydrogen-bond donors (Lipinski definition) is 2. The Morgan fingerprint density at radius 1 is 1.11 bits per heavy atom. The van der Waals surface area contributed by atoms with Gasteiger partial charge in [0.2, 0.25) is 5.91 Å². The van der Waals surface area contributed by atoms with Crippen LogP contribution in [0.3, 0.4) is 0 Å². The van der Waals surface area contributed by atoms with Gasteiger partial charge in [-0.25, -0.2) is 4.79 Å². The van der Waals surface area contributed by atoms with Crippen LogP contribution in [-0.4, -0.2) is 44.7 Å². The van der Waals surface area contributed by atoms with Gasteiger partial charge in [-0.05, 0) is 37.8 Å². The fraction of sp³-hybridized carbons (Fsp3) is 0.500. The van der Waals surface area contributed by atoms with Gasteiger partial charge in [0.1, 0.15) is 5.82 Å². The summed E-state index contributed by atoms with van der Waals surface area (Å²) < 4.78 is 2.19. The van der Waals surface area contributed by atoms with E-state index in [0.717, 1.165) is 61.5 Å². The smallest absolute Gasteiger partial charge is 0.314 e. The molecule has 28 heavy (non-hydrogen) atoms. The van der Waals surface area contributed by atoms with Crippen LogP contribution in [0.4, 0.5) is 10.5 Å². The number of nitrogens with two attached hydrogens (primary N) is 1. The number of piperidine rings is 1. The number of primary amides is 1. The number of carbonyl (C=O) groups is 2. The number of nitrogens with zero attached hydrogens (tertiary/aromatic N) is 4. The minimum Gasteiger partial charge on any atom is -0.351 e. The minimum atomic E-state index is -0.466. The van der Waals surface area contributed by atoms with E-state index in [1.165, 1.54) is 11.3 Å². The van der Waals surface area contributed by atoms with Crippen LogP contribution in [-0.2, 0) is 17.8 Å². The van der Waals surface area contributed by atoms with E-state index >= 15 is 0 Å². The van der Waals surface area contributed by atoms with Gasteiger partial charge < -0.3 is 20.5 Å². The van der Waals surface area contributed by atoms with Crippen molar-refractivity contribution < 1.29 is 9.59 Å². The van der Waals surface area contributed by atoms with Gasteiger partial charge in [0.25, 0.3) is 0 Å². The highest BCUT2D eigenvalue weighted by molar-refractivity contribution is 5.93. The van der Waals surface area contributed by atoms with Crippen LogP contribution in [0.15, 0.2) is 24.3 Å². The van der Waals surface area contributed by atoms with Gasteiger partial charge in [-0.15, -0.1) is 10.2 Å². The summed E-state index contributed by atoms with van der Waals surface area (Å²) in [6, 6.07) is 7.25. The number of carbonyl (C=O) groups excluding carboxylic acids is 2. The minimum absolute atomic E-state index is 0.0804. The van der Waals surface area contributed by atoms with Crippen LogP contribution in [0.1, 0.15) is 37.9 Å². The van der Waals surface area contributed by atoms with E-state index in [4.69, 9.17) is 5.73 Å². The first kappa shape index (κ1) is 18.5. The van der Waals surface area contributed by atoms with Crippen molar-refractivity contribution >= 4 is 17.6 Å². The molecule has 148 valence electrons. The molecule has 0 radical (unpaired) electrons. The maximum atomic E-state index is 12.7. The normalized spacial score (nSPS) is 19.6. The summed E-state index contributed by atoms with van der Waals surface area (Å²) in [7, 11) is 0. The molecule has 2 aliphatic rings. The zero-order chi connectivity index (χ0) is 19.5. The second-order valence-corrected chi connectivity index (χ2v) is 7.60. The number of nitrogens with one attached hydrogen (secondary N) is 1. The lowest BCUT2D eigenvalue weighted by Gasteiger charge is -2.30. The van der Waals surface area contributed by atoms with Crippen LogP contribution < -0.4 is 11.1 Å². The Morgan fingerprint density at radius 2 is 2.00 bits per heavy atom. The average molecular weight is 382 g/mol. The summed E-state index contributed by atoms with van der Waals surface area (Å²) in [5.74, 6) is 1.57. The fourth-order valence-electron chi connectivity index (χ4n) is 4.07. The van der Waals surface area contributed by atoms with E-state index in [9.17, 15) is 9.59 Å². The lowest BCUT2D eigenvalue weighted by atomic mass is 9.97. The molecule has 0 bridgehead atoms. The molecule has 1 aromatic carbocycles. The van der Waals surface area contributed by atoms with Crippen molar-refractivity contribution in [1.82, 2.24) is 19.7 Å². The lowest BCUT2D eigenvalue weighted by molar-refractivity contribution is -0.121. The molecule has 8 nitrogen and oxygen atoms in total. The van der Waals surface area contributed by atoms with Gasteiger partial charge in [0.15, 0.2) is 5.82 Å². The van der Waals surface area contributed by atoms with Crippen molar-refractivity contribution in [3.63, 3.8) is 0 Å². The Kier molecular flexibility index (Phi) is 5.27. The molecule has 1 fully saturated rings. The Hall–Kier alpha value is -2.90. The topological polar surface area (TPSA) is 106 Å². The largest absolute Gasteiger partial charge is 0.351 e. The summed E-state index contributed by atoms with van der Waals surface area (Å²) in [5.41, 5.74) is 7.03. The number of aryl methyl sites for hydroxylation is 1. The van der Waals surface area contributed by atoms with Gasteiger partial charge in [-0.1, -0.05) is 18.6 Å². The summed E-state index contributed by atoms with van der Waals surface area (Å²) in [6.07, 6.45) is 5.99. The van der Waals surface area contributed by atoms with Crippen molar-refractivity contribution in [2.24, 2.45) is 11.7 Å². The number of aromatic nitrogens is 3. The number of hydrogen-bond acceptors (Lipinski definition) is 4. The highest BCUT2D eigenvalue weighted by Gasteiger charge is 2.27. The van der Waals surface area contributed by atoms with Crippen LogP contribution >= 0.6 is 0 Å². The third-order valence-corrected chi connectivity index (χ3v) is 5.60. The first-order valence-electron chi connectivity index (χ1n) is 9.99. The molecule has 2 aliphatic heterocycles. The third-order valence-electron chi connectivity index (χ3n) is 5.60. The summed E-state index contributed by atoms with van der Waals surface area (Å²) in [6.45, 7) is 1.92. The molecule has 0 unspecified atom stereocenters. The molecule has 1 atom stereocenters. The first-order valence-corrected chi connectivity index (χ1v) is 9.99. The molecule has 8 heteroatoms. The standard InChI is InChI=1S/C20H26N6O2/c21-20(28)25-10-5-7-15(13-25)19(27)22-16-8-4-6-14(12-16)18-24-23-17-9-2-1-3-11-26(17)18/h4,6,8,12,15H,1-3,5,7,9-11,13H2,(H2,21,28)(H,22,27)/t15-/m1/s1.